The molecule has 0 aromatic heterocycles. The van der Waals surface area contributed by atoms with E-state index in [0.717, 1.165) is 32.1 Å². The molecule has 0 bridgehead atoms. The molecule has 4 heteroatoms. The normalized spacial score (nSPS) is 10.8. The Hall–Kier alpha value is -2.88. The highest BCUT2D eigenvalue weighted by molar-refractivity contribution is 5.89. The molecule has 2 aromatic carbocycles. The van der Waals surface area contributed by atoms with E-state index in [9.17, 15) is 14.3 Å². The van der Waals surface area contributed by atoms with Crippen molar-refractivity contribution < 1.29 is 19.0 Å². The first-order valence-electron chi connectivity index (χ1n) is 8.68. The molecule has 0 spiro atoms. The summed E-state index contributed by atoms with van der Waals surface area (Å²) < 4.78 is 18.8. The summed E-state index contributed by atoms with van der Waals surface area (Å²) in [6, 6.07) is 10.4. The van der Waals surface area contributed by atoms with E-state index >= 15 is 0 Å². The van der Waals surface area contributed by atoms with Crippen molar-refractivity contribution in [2.45, 2.75) is 32.1 Å². The second kappa shape index (κ2) is 10.2. The third kappa shape index (κ3) is 6.20. The highest BCUT2D eigenvalue weighted by Crippen LogP contribution is 2.28. The fraction of sp³-hybridized carbons (Fsp3) is 0.227. The maximum atomic E-state index is 13.0. The molecular formula is C22H23FO3. The molecule has 2 rings (SSSR count). The number of halogens is 1. The van der Waals surface area contributed by atoms with E-state index in [1.165, 1.54) is 30.3 Å². The van der Waals surface area contributed by atoms with Gasteiger partial charge >= 0.3 is 5.97 Å². The van der Waals surface area contributed by atoms with Crippen LogP contribution in [0.2, 0.25) is 0 Å². The Balaban J connectivity index is 2.10. The van der Waals surface area contributed by atoms with E-state index in [1.54, 1.807) is 12.1 Å². The first-order valence-corrected chi connectivity index (χ1v) is 8.68. The van der Waals surface area contributed by atoms with Gasteiger partial charge in [-0.2, -0.15) is 0 Å². The number of carbonyl (C=O) groups is 1. The van der Waals surface area contributed by atoms with Crippen molar-refractivity contribution in [3.8, 4) is 11.5 Å². The summed E-state index contributed by atoms with van der Waals surface area (Å²) in [5.41, 5.74) is 0.877. The number of hydrogen-bond donors (Lipinski definition) is 1. The van der Waals surface area contributed by atoms with Crippen LogP contribution in [0, 0.1) is 5.82 Å². The van der Waals surface area contributed by atoms with Gasteiger partial charge in [0.25, 0.3) is 0 Å². The fourth-order valence-electron chi connectivity index (χ4n) is 2.47. The Labute approximate surface area is 153 Å². The lowest BCUT2D eigenvalue weighted by atomic mass is 10.1. The van der Waals surface area contributed by atoms with E-state index in [1.807, 2.05) is 18.2 Å². The van der Waals surface area contributed by atoms with Gasteiger partial charge in [-0.25, -0.2) is 9.18 Å². The molecule has 0 aliphatic heterocycles. The second-order valence-electron chi connectivity index (χ2n) is 5.94. The lowest BCUT2D eigenvalue weighted by Crippen LogP contribution is -1.97. The molecule has 0 radical (unpaired) electrons. The van der Waals surface area contributed by atoms with Gasteiger partial charge in [0.15, 0.2) is 0 Å². The first-order chi connectivity index (χ1) is 12.6. The van der Waals surface area contributed by atoms with Crippen LogP contribution in [0.25, 0.3) is 6.08 Å². The predicted molar refractivity (Wildman–Crippen MR) is 102 cm³/mol. The fourth-order valence-corrected chi connectivity index (χ4v) is 2.47. The number of ether oxygens (including phenoxy) is 1. The van der Waals surface area contributed by atoms with Crippen molar-refractivity contribution in [2.24, 2.45) is 0 Å². The van der Waals surface area contributed by atoms with Crippen LogP contribution < -0.4 is 4.74 Å². The van der Waals surface area contributed by atoms with E-state index < -0.39 is 5.97 Å². The van der Waals surface area contributed by atoms with Crippen molar-refractivity contribution in [3.63, 3.8) is 0 Å². The third-order valence-corrected chi connectivity index (χ3v) is 3.87. The van der Waals surface area contributed by atoms with E-state index in [0.29, 0.717) is 17.1 Å². The zero-order chi connectivity index (χ0) is 18.8. The van der Waals surface area contributed by atoms with Crippen LogP contribution >= 0.6 is 0 Å². The van der Waals surface area contributed by atoms with Crippen LogP contribution in [-0.2, 0) is 0 Å². The van der Waals surface area contributed by atoms with Crippen molar-refractivity contribution in [1.82, 2.24) is 0 Å². The van der Waals surface area contributed by atoms with Crippen molar-refractivity contribution in [3.05, 3.63) is 78.1 Å². The van der Waals surface area contributed by atoms with Gasteiger partial charge in [0, 0.05) is 5.56 Å². The molecule has 0 aliphatic carbocycles. The van der Waals surface area contributed by atoms with Gasteiger partial charge in [0.1, 0.15) is 17.3 Å². The number of benzene rings is 2. The summed E-state index contributed by atoms with van der Waals surface area (Å²) >= 11 is 0. The van der Waals surface area contributed by atoms with Crippen molar-refractivity contribution in [2.75, 3.05) is 0 Å². The minimum absolute atomic E-state index is 0.196. The molecule has 0 unspecified atom stereocenters. The highest BCUT2D eigenvalue weighted by atomic mass is 19.1. The Morgan fingerprint density at radius 1 is 1.08 bits per heavy atom. The van der Waals surface area contributed by atoms with Crippen LogP contribution in [0.5, 0.6) is 11.5 Å². The Bertz CT molecular complexity index is 763. The maximum Gasteiger partial charge on any atom is 0.335 e. The number of unbranched alkanes of at least 4 members (excludes halogenated alkanes) is 4. The quantitative estimate of drug-likeness (QED) is 0.393. The lowest BCUT2D eigenvalue weighted by Gasteiger charge is -2.10. The Morgan fingerprint density at radius 2 is 1.81 bits per heavy atom. The topological polar surface area (TPSA) is 46.5 Å². The largest absolute Gasteiger partial charge is 0.478 e. The number of hydrogen-bond acceptors (Lipinski definition) is 2. The van der Waals surface area contributed by atoms with Gasteiger partial charge in [-0.3, -0.25) is 0 Å². The summed E-state index contributed by atoms with van der Waals surface area (Å²) in [6.07, 6.45) is 11.1. The van der Waals surface area contributed by atoms with Gasteiger partial charge in [0.2, 0.25) is 0 Å². The molecule has 136 valence electrons. The van der Waals surface area contributed by atoms with Crippen LogP contribution in [0.4, 0.5) is 4.39 Å². The zero-order valence-corrected chi connectivity index (χ0v) is 14.7. The summed E-state index contributed by atoms with van der Waals surface area (Å²) in [4.78, 5) is 11.2. The maximum absolute atomic E-state index is 13.0. The molecule has 1 N–H and O–H groups in total. The van der Waals surface area contributed by atoms with E-state index in [2.05, 4.69) is 6.58 Å². The first kappa shape index (κ1) is 19.4. The summed E-state index contributed by atoms with van der Waals surface area (Å²) in [6.45, 7) is 3.71. The second-order valence-corrected chi connectivity index (χ2v) is 5.94. The van der Waals surface area contributed by atoms with E-state index in [4.69, 9.17) is 4.74 Å². The Morgan fingerprint density at radius 3 is 2.50 bits per heavy atom. The van der Waals surface area contributed by atoms with Crippen LogP contribution in [-0.4, -0.2) is 11.1 Å². The summed E-state index contributed by atoms with van der Waals surface area (Å²) in [5, 5.41) is 9.20. The molecule has 0 atom stereocenters. The predicted octanol–water partition coefficient (Wildman–Crippen LogP) is 6.47. The molecule has 2 aromatic rings. The van der Waals surface area contributed by atoms with Crippen LogP contribution in [0.15, 0.2) is 61.2 Å². The average Bonchev–Trinajstić information content (AvgIpc) is 2.63. The molecular weight excluding hydrogens is 331 g/mol. The van der Waals surface area contributed by atoms with Gasteiger partial charge in [-0.15, -0.1) is 6.58 Å². The number of carboxylic acids is 1. The molecule has 0 saturated heterocycles. The van der Waals surface area contributed by atoms with Crippen molar-refractivity contribution in [1.29, 1.82) is 0 Å². The zero-order valence-electron chi connectivity index (χ0n) is 14.7. The molecule has 0 heterocycles. The smallest absolute Gasteiger partial charge is 0.335 e. The van der Waals surface area contributed by atoms with Gasteiger partial charge < -0.3 is 9.84 Å². The SMILES string of the molecule is C=CCCCCC/C=C\c1cc(C(=O)O)ccc1Oc1ccc(F)cc1. The lowest BCUT2D eigenvalue weighted by molar-refractivity contribution is 0.0697. The number of allylic oxidation sites excluding steroid dienone is 2. The minimum Gasteiger partial charge on any atom is -0.478 e. The standard InChI is InChI=1S/C22H23FO3/c1-2-3-4-5-6-7-8-9-17-16-18(22(24)25)10-15-21(17)26-20-13-11-19(23)12-14-20/h2,8-16H,1,3-7H2,(H,24,25)/b9-8-. The number of rotatable bonds is 10. The third-order valence-electron chi connectivity index (χ3n) is 3.87. The molecule has 0 amide bonds. The van der Waals surface area contributed by atoms with Gasteiger partial charge in [0.05, 0.1) is 5.56 Å². The summed E-state index contributed by atoms with van der Waals surface area (Å²) in [7, 11) is 0. The molecule has 0 aliphatic rings. The monoisotopic (exact) mass is 354 g/mol. The Kier molecular flexibility index (Phi) is 7.62. The van der Waals surface area contributed by atoms with Crippen molar-refractivity contribution >= 4 is 12.0 Å². The highest BCUT2D eigenvalue weighted by Gasteiger charge is 2.09. The van der Waals surface area contributed by atoms with Crippen LogP contribution in [0.1, 0.15) is 48.0 Å². The minimum atomic E-state index is -0.989. The molecule has 3 nitrogen and oxygen atoms in total. The molecule has 26 heavy (non-hydrogen) atoms. The van der Waals surface area contributed by atoms with Gasteiger partial charge in [-0.1, -0.05) is 24.6 Å². The van der Waals surface area contributed by atoms with Gasteiger partial charge in [-0.05, 0) is 68.1 Å². The number of aromatic carboxylic acids is 1. The molecule has 0 fully saturated rings. The molecule has 0 saturated carbocycles. The average molecular weight is 354 g/mol. The number of carboxylic acid groups (broad SMARTS) is 1. The van der Waals surface area contributed by atoms with Crippen LogP contribution in [0.3, 0.4) is 0 Å². The van der Waals surface area contributed by atoms with E-state index in [-0.39, 0.29) is 11.4 Å². The summed E-state index contributed by atoms with van der Waals surface area (Å²) in [5.74, 6) is -0.300.